The van der Waals surface area contributed by atoms with Gasteiger partial charge in [0.1, 0.15) is 18.0 Å². The molecule has 0 aromatic heterocycles. The van der Waals surface area contributed by atoms with Gasteiger partial charge in [-0.05, 0) is 59.7 Å². The summed E-state index contributed by atoms with van der Waals surface area (Å²) in [7, 11) is 3.05. The van der Waals surface area contributed by atoms with E-state index < -0.39 is 17.1 Å². The van der Waals surface area contributed by atoms with E-state index in [-0.39, 0.29) is 11.4 Å². The molecular weight excluding hydrogens is 416 g/mol. The standard InChI is InChI=1S/C23H24N2O5S/c1-14(2)15-5-7-17(8-6-15)24-21(26)13-25-22(27)20(31-23(25)28)12-16-11-18(29-3)9-10-19(16)30-4/h5-12,14H,13H2,1-4H3,(H,24,26)/b20-12+. The summed E-state index contributed by atoms with van der Waals surface area (Å²) in [5.41, 5.74) is 2.36. The maximum atomic E-state index is 12.7. The van der Waals surface area contributed by atoms with Crippen LogP contribution < -0.4 is 14.8 Å². The van der Waals surface area contributed by atoms with Crippen LogP contribution in [0.1, 0.15) is 30.9 Å². The number of anilines is 1. The summed E-state index contributed by atoms with van der Waals surface area (Å²) < 4.78 is 10.5. The zero-order chi connectivity index (χ0) is 22.5. The summed E-state index contributed by atoms with van der Waals surface area (Å²) >= 11 is 0.785. The highest BCUT2D eigenvalue weighted by Crippen LogP contribution is 2.35. The van der Waals surface area contributed by atoms with Crippen LogP contribution in [-0.4, -0.2) is 42.7 Å². The molecule has 8 heteroatoms. The number of benzene rings is 2. The third kappa shape index (κ3) is 5.27. The van der Waals surface area contributed by atoms with E-state index >= 15 is 0 Å². The number of imide groups is 1. The Hall–Kier alpha value is -3.26. The largest absolute Gasteiger partial charge is 0.497 e. The molecule has 1 aliphatic rings. The number of hydrogen-bond acceptors (Lipinski definition) is 6. The monoisotopic (exact) mass is 440 g/mol. The molecule has 1 aliphatic heterocycles. The number of carbonyl (C=O) groups excluding carboxylic acids is 3. The molecule has 0 bridgehead atoms. The molecule has 0 aliphatic carbocycles. The Morgan fingerprint density at radius 3 is 2.42 bits per heavy atom. The highest BCUT2D eigenvalue weighted by Gasteiger charge is 2.36. The first-order valence-electron chi connectivity index (χ1n) is 9.69. The molecule has 3 amide bonds. The molecule has 7 nitrogen and oxygen atoms in total. The van der Waals surface area contributed by atoms with Gasteiger partial charge in [-0.25, -0.2) is 0 Å². The van der Waals surface area contributed by atoms with Crippen LogP contribution in [0.2, 0.25) is 0 Å². The van der Waals surface area contributed by atoms with Crippen LogP contribution in [0.25, 0.3) is 6.08 Å². The molecule has 0 atom stereocenters. The Labute approximate surface area is 185 Å². The van der Waals surface area contributed by atoms with Gasteiger partial charge in [0.15, 0.2) is 0 Å². The number of nitrogens with one attached hydrogen (secondary N) is 1. The lowest BCUT2D eigenvalue weighted by Gasteiger charge is -2.13. The summed E-state index contributed by atoms with van der Waals surface area (Å²) in [4.78, 5) is 38.7. The first-order chi connectivity index (χ1) is 14.8. The van der Waals surface area contributed by atoms with E-state index in [0.29, 0.717) is 28.7 Å². The summed E-state index contributed by atoms with van der Waals surface area (Å²) in [6, 6.07) is 12.6. The minimum atomic E-state index is -0.523. The third-order valence-corrected chi connectivity index (χ3v) is 5.67. The Kier molecular flexibility index (Phi) is 7.02. The number of amides is 3. The first kappa shape index (κ1) is 22.4. The van der Waals surface area contributed by atoms with Crippen molar-refractivity contribution < 1.29 is 23.9 Å². The van der Waals surface area contributed by atoms with Crippen LogP contribution in [0.3, 0.4) is 0 Å². The number of thioether (sulfide) groups is 1. The van der Waals surface area contributed by atoms with E-state index in [1.807, 2.05) is 12.1 Å². The van der Waals surface area contributed by atoms with E-state index in [1.54, 1.807) is 36.4 Å². The van der Waals surface area contributed by atoms with E-state index in [2.05, 4.69) is 19.2 Å². The van der Waals surface area contributed by atoms with Gasteiger partial charge in [0.05, 0.1) is 19.1 Å². The molecule has 1 N–H and O–H groups in total. The third-order valence-electron chi connectivity index (χ3n) is 4.76. The van der Waals surface area contributed by atoms with Gasteiger partial charge in [0.25, 0.3) is 11.1 Å². The number of methoxy groups -OCH3 is 2. The number of carbonyl (C=O) groups is 3. The van der Waals surface area contributed by atoms with Crippen LogP contribution in [0.15, 0.2) is 47.4 Å². The average molecular weight is 441 g/mol. The van der Waals surface area contributed by atoms with Crippen molar-refractivity contribution in [1.82, 2.24) is 4.90 Å². The van der Waals surface area contributed by atoms with Crippen LogP contribution in [0, 0.1) is 0 Å². The predicted octanol–water partition coefficient (Wildman–Crippen LogP) is 4.50. The molecular formula is C23H24N2O5S. The molecule has 2 aromatic rings. The SMILES string of the molecule is COc1ccc(OC)c(/C=C2/SC(=O)N(CC(=O)Nc3ccc(C(C)C)cc3)C2=O)c1. The summed E-state index contributed by atoms with van der Waals surface area (Å²) in [6.07, 6.45) is 1.56. The molecule has 0 spiro atoms. The second-order valence-corrected chi connectivity index (χ2v) is 8.19. The fraction of sp³-hybridized carbons (Fsp3) is 0.261. The highest BCUT2D eigenvalue weighted by atomic mass is 32.2. The molecule has 0 unspecified atom stereocenters. The second kappa shape index (κ2) is 9.70. The van der Waals surface area contributed by atoms with Gasteiger partial charge in [-0.3, -0.25) is 19.3 Å². The average Bonchev–Trinajstić information content (AvgIpc) is 3.01. The van der Waals surface area contributed by atoms with E-state index in [9.17, 15) is 14.4 Å². The summed E-state index contributed by atoms with van der Waals surface area (Å²) in [6.45, 7) is 3.81. The maximum Gasteiger partial charge on any atom is 0.294 e. The molecule has 3 rings (SSSR count). The van der Waals surface area contributed by atoms with Gasteiger partial charge in [-0.1, -0.05) is 26.0 Å². The molecule has 31 heavy (non-hydrogen) atoms. The van der Waals surface area contributed by atoms with E-state index in [1.165, 1.54) is 14.2 Å². The molecule has 0 radical (unpaired) electrons. The molecule has 1 fully saturated rings. The van der Waals surface area contributed by atoms with Crippen molar-refractivity contribution in [3.05, 3.63) is 58.5 Å². The molecule has 1 heterocycles. The van der Waals surface area contributed by atoms with Gasteiger partial charge in [-0.15, -0.1) is 0 Å². The van der Waals surface area contributed by atoms with Gasteiger partial charge in [0, 0.05) is 11.3 Å². The van der Waals surface area contributed by atoms with Gasteiger partial charge >= 0.3 is 0 Å². The normalized spacial score (nSPS) is 15.0. The van der Waals surface area contributed by atoms with E-state index in [0.717, 1.165) is 22.2 Å². The summed E-state index contributed by atoms with van der Waals surface area (Å²) in [5, 5.41) is 2.23. The fourth-order valence-corrected chi connectivity index (χ4v) is 3.85. The quantitative estimate of drug-likeness (QED) is 0.638. The lowest BCUT2D eigenvalue weighted by atomic mass is 10.0. The Balaban J connectivity index is 1.71. The van der Waals surface area contributed by atoms with Crippen molar-refractivity contribution in [2.45, 2.75) is 19.8 Å². The Morgan fingerprint density at radius 1 is 1.10 bits per heavy atom. The number of rotatable bonds is 7. The van der Waals surface area contributed by atoms with Gasteiger partial charge < -0.3 is 14.8 Å². The smallest absolute Gasteiger partial charge is 0.294 e. The van der Waals surface area contributed by atoms with E-state index in [4.69, 9.17) is 9.47 Å². The Morgan fingerprint density at radius 2 is 1.81 bits per heavy atom. The lowest BCUT2D eigenvalue weighted by Crippen LogP contribution is -2.36. The zero-order valence-corrected chi connectivity index (χ0v) is 18.6. The zero-order valence-electron chi connectivity index (χ0n) is 17.8. The summed E-state index contributed by atoms with van der Waals surface area (Å²) in [5.74, 6) is 0.546. The Bertz CT molecular complexity index is 1030. The second-order valence-electron chi connectivity index (χ2n) is 7.20. The van der Waals surface area contributed by atoms with Crippen molar-refractivity contribution in [1.29, 1.82) is 0 Å². The van der Waals surface area contributed by atoms with Crippen molar-refractivity contribution in [2.24, 2.45) is 0 Å². The van der Waals surface area contributed by atoms with Crippen LogP contribution in [-0.2, 0) is 9.59 Å². The minimum absolute atomic E-state index is 0.214. The fourth-order valence-electron chi connectivity index (χ4n) is 3.03. The minimum Gasteiger partial charge on any atom is -0.497 e. The number of nitrogens with zero attached hydrogens (tertiary/aromatic N) is 1. The molecule has 0 saturated carbocycles. The lowest BCUT2D eigenvalue weighted by molar-refractivity contribution is -0.127. The van der Waals surface area contributed by atoms with Crippen molar-refractivity contribution in [2.75, 3.05) is 26.1 Å². The highest BCUT2D eigenvalue weighted by molar-refractivity contribution is 8.18. The molecule has 1 saturated heterocycles. The van der Waals surface area contributed by atoms with Crippen LogP contribution >= 0.6 is 11.8 Å². The first-order valence-corrected chi connectivity index (χ1v) is 10.5. The maximum absolute atomic E-state index is 12.7. The number of ether oxygens (including phenoxy) is 2. The number of hydrogen-bond donors (Lipinski definition) is 1. The van der Waals surface area contributed by atoms with Crippen LogP contribution in [0.4, 0.5) is 10.5 Å². The molecule has 162 valence electrons. The van der Waals surface area contributed by atoms with Gasteiger partial charge in [0.2, 0.25) is 5.91 Å². The van der Waals surface area contributed by atoms with Crippen molar-refractivity contribution >= 4 is 40.6 Å². The predicted molar refractivity (Wildman–Crippen MR) is 121 cm³/mol. The molecule has 2 aromatic carbocycles. The van der Waals surface area contributed by atoms with Crippen molar-refractivity contribution in [3.63, 3.8) is 0 Å². The topological polar surface area (TPSA) is 84.9 Å². The van der Waals surface area contributed by atoms with Gasteiger partial charge in [-0.2, -0.15) is 0 Å². The van der Waals surface area contributed by atoms with Crippen LogP contribution in [0.5, 0.6) is 11.5 Å². The van der Waals surface area contributed by atoms with Crippen molar-refractivity contribution in [3.8, 4) is 11.5 Å².